The number of hydrogen-bond donors (Lipinski definition) is 2. The van der Waals surface area contributed by atoms with E-state index in [4.69, 9.17) is 0 Å². The van der Waals surface area contributed by atoms with Crippen LogP contribution in [0.4, 0.5) is 10.1 Å². The molecule has 2 N–H and O–H groups in total. The number of nitrogens with zero attached hydrogens (tertiary/aromatic N) is 2. The highest BCUT2D eigenvalue weighted by atomic mass is 32.1. The molecule has 1 aliphatic carbocycles. The maximum atomic E-state index is 10.4. The van der Waals surface area contributed by atoms with Crippen molar-refractivity contribution in [2.75, 3.05) is 11.9 Å². The minimum absolute atomic E-state index is 0.0124. The Balaban J connectivity index is 1.84. The second-order valence-electron chi connectivity index (χ2n) is 3.55. The van der Waals surface area contributed by atoms with E-state index in [1.54, 1.807) is 0 Å². The van der Waals surface area contributed by atoms with Crippen molar-refractivity contribution in [2.45, 2.75) is 18.9 Å². The number of nitro groups is 1. The summed E-state index contributed by atoms with van der Waals surface area (Å²) in [6.07, 6.45) is 2.99. The summed E-state index contributed by atoms with van der Waals surface area (Å²) in [5.41, 5.74) is 0. The molecule has 0 spiro atoms. The van der Waals surface area contributed by atoms with Crippen molar-refractivity contribution >= 4 is 21.5 Å². The normalized spacial score (nSPS) is 17.4. The molecule has 1 heterocycles. The van der Waals surface area contributed by atoms with Crippen LogP contribution >= 0.6 is 11.3 Å². The molecule has 0 bridgehead atoms. The Hall–Kier alpha value is -1.21. The maximum absolute atomic E-state index is 10.4. The first-order valence-electron chi connectivity index (χ1n) is 4.69. The van der Waals surface area contributed by atoms with E-state index < -0.39 is 4.92 Å². The van der Waals surface area contributed by atoms with E-state index in [-0.39, 0.29) is 11.1 Å². The number of hydrogen-bond acceptors (Lipinski definition) is 6. The molecule has 0 saturated heterocycles. The number of aromatic nitrogens is 1. The van der Waals surface area contributed by atoms with E-state index in [1.807, 2.05) is 0 Å². The van der Waals surface area contributed by atoms with Gasteiger partial charge in [-0.1, -0.05) is 0 Å². The lowest BCUT2D eigenvalue weighted by molar-refractivity contribution is -0.380. The van der Waals surface area contributed by atoms with E-state index in [0.29, 0.717) is 17.6 Å². The number of thiazole rings is 1. The standard InChI is InChI=1S/C8H11N3O3S/c12-6(5-1-2-5)3-9-8-10-4-7(15-8)11(13)14/h4-6,12H,1-3H2,(H,9,10). The molecule has 1 aromatic heterocycles. The summed E-state index contributed by atoms with van der Waals surface area (Å²) in [5, 5.41) is 23.3. The van der Waals surface area contributed by atoms with Gasteiger partial charge in [-0.2, -0.15) is 0 Å². The number of nitrogens with one attached hydrogen (secondary N) is 1. The summed E-state index contributed by atoms with van der Waals surface area (Å²) in [5.74, 6) is 0.396. The summed E-state index contributed by atoms with van der Waals surface area (Å²) in [4.78, 5) is 13.7. The molecule has 0 amide bonds. The number of aliphatic hydroxyl groups is 1. The van der Waals surface area contributed by atoms with Gasteiger partial charge < -0.3 is 10.4 Å². The second kappa shape index (κ2) is 4.11. The number of anilines is 1. The van der Waals surface area contributed by atoms with Gasteiger partial charge in [0.1, 0.15) is 6.20 Å². The van der Waals surface area contributed by atoms with E-state index in [0.717, 1.165) is 24.2 Å². The average molecular weight is 229 g/mol. The third-order valence-corrected chi connectivity index (χ3v) is 3.21. The van der Waals surface area contributed by atoms with Gasteiger partial charge in [-0.15, -0.1) is 0 Å². The molecule has 0 radical (unpaired) electrons. The fraction of sp³-hybridized carbons (Fsp3) is 0.625. The Kier molecular flexibility index (Phi) is 2.83. The SMILES string of the molecule is O=[N+]([O-])c1cnc(NCC(O)C2CC2)s1. The molecule has 0 aliphatic heterocycles. The van der Waals surface area contributed by atoms with Crippen LogP contribution in [0.1, 0.15) is 12.8 Å². The molecule has 1 aromatic rings. The van der Waals surface area contributed by atoms with Crippen LogP contribution < -0.4 is 5.32 Å². The fourth-order valence-electron chi connectivity index (χ4n) is 1.27. The quantitative estimate of drug-likeness (QED) is 0.585. The van der Waals surface area contributed by atoms with Crippen LogP contribution in [-0.2, 0) is 0 Å². The smallest absolute Gasteiger partial charge is 0.345 e. The lowest BCUT2D eigenvalue weighted by atomic mass is 10.2. The molecule has 1 fully saturated rings. The minimum Gasteiger partial charge on any atom is -0.391 e. The third-order valence-electron chi connectivity index (χ3n) is 2.30. The Morgan fingerprint density at radius 2 is 2.53 bits per heavy atom. The van der Waals surface area contributed by atoms with Gasteiger partial charge in [-0.25, -0.2) is 4.98 Å². The van der Waals surface area contributed by atoms with E-state index in [2.05, 4.69) is 10.3 Å². The lowest BCUT2D eigenvalue weighted by Gasteiger charge is -2.08. The Morgan fingerprint density at radius 3 is 3.07 bits per heavy atom. The van der Waals surface area contributed by atoms with Crippen molar-refractivity contribution in [2.24, 2.45) is 5.92 Å². The number of aliphatic hydroxyl groups excluding tert-OH is 1. The molecule has 1 aliphatic rings. The van der Waals surface area contributed by atoms with E-state index in [9.17, 15) is 15.2 Å². The van der Waals surface area contributed by atoms with Gasteiger partial charge in [0.05, 0.1) is 11.0 Å². The zero-order valence-corrected chi connectivity index (χ0v) is 8.74. The van der Waals surface area contributed by atoms with Crippen molar-refractivity contribution in [3.8, 4) is 0 Å². The first kappa shape index (κ1) is 10.3. The molecule has 7 heteroatoms. The molecule has 6 nitrogen and oxygen atoms in total. The van der Waals surface area contributed by atoms with Crippen LogP contribution in [0.3, 0.4) is 0 Å². The van der Waals surface area contributed by atoms with Gasteiger partial charge >= 0.3 is 5.00 Å². The van der Waals surface area contributed by atoms with Crippen molar-refractivity contribution in [1.82, 2.24) is 4.98 Å². The van der Waals surface area contributed by atoms with Gasteiger partial charge in [-0.3, -0.25) is 10.1 Å². The maximum Gasteiger partial charge on any atom is 0.345 e. The van der Waals surface area contributed by atoms with Crippen LogP contribution in [-0.4, -0.2) is 27.7 Å². The number of rotatable bonds is 5. The molecule has 82 valence electrons. The topological polar surface area (TPSA) is 88.3 Å². The van der Waals surface area contributed by atoms with Crippen LogP contribution in [0.2, 0.25) is 0 Å². The van der Waals surface area contributed by atoms with E-state index >= 15 is 0 Å². The van der Waals surface area contributed by atoms with Crippen LogP contribution in [0.5, 0.6) is 0 Å². The highest BCUT2D eigenvalue weighted by Crippen LogP contribution is 2.33. The molecule has 0 aromatic carbocycles. The summed E-state index contributed by atoms with van der Waals surface area (Å²) in [6, 6.07) is 0. The highest BCUT2D eigenvalue weighted by Gasteiger charge is 2.29. The molecule has 2 rings (SSSR count). The Bertz CT molecular complexity index is 364. The van der Waals surface area contributed by atoms with Crippen LogP contribution in [0, 0.1) is 16.0 Å². The van der Waals surface area contributed by atoms with E-state index in [1.165, 1.54) is 6.20 Å². The van der Waals surface area contributed by atoms with Crippen LogP contribution in [0.25, 0.3) is 0 Å². The molecule has 1 unspecified atom stereocenters. The predicted molar refractivity (Wildman–Crippen MR) is 56.0 cm³/mol. The average Bonchev–Trinajstić information content (AvgIpc) is 2.93. The van der Waals surface area contributed by atoms with Crippen molar-refractivity contribution < 1.29 is 10.0 Å². The van der Waals surface area contributed by atoms with Crippen LogP contribution in [0.15, 0.2) is 6.20 Å². The molecular formula is C8H11N3O3S. The monoisotopic (exact) mass is 229 g/mol. The van der Waals surface area contributed by atoms with Crippen molar-refractivity contribution in [3.63, 3.8) is 0 Å². The second-order valence-corrected chi connectivity index (χ2v) is 4.56. The largest absolute Gasteiger partial charge is 0.391 e. The van der Waals surface area contributed by atoms with Gasteiger partial charge in [0, 0.05) is 6.54 Å². The Labute approximate surface area is 90.1 Å². The van der Waals surface area contributed by atoms with Gasteiger partial charge in [-0.05, 0) is 30.1 Å². The molecule has 1 atom stereocenters. The van der Waals surface area contributed by atoms with Gasteiger partial charge in [0.25, 0.3) is 0 Å². The lowest BCUT2D eigenvalue weighted by Crippen LogP contribution is -2.21. The predicted octanol–water partition coefficient (Wildman–Crippen LogP) is 1.23. The third kappa shape index (κ3) is 2.63. The Morgan fingerprint density at radius 1 is 1.80 bits per heavy atom. The summed E-state index contributed by atoms with van der Waals surface area (Å²) in [7, 11) is 0. The van der Waals surface area contributed by atoms with Crippen molar-refractivity contribution in [3.05, 3.63) is 16.3 Å². The highest BCUT2D eigenvalue weighted by molar-refractivity contribution is 7.18. The fourth-order valence-corrected chi connectivity index (χ4v) is 1.91. The summed E-state index contributed by atoms with van der Waals surface area (Å²) < 4.78 is 0. The minimum atomic E-state index is -0.472. The van der Waals surface area contributed by atoms with Gasteiger partial charge in [0.15, 0.2) is 5.13 Å². The zero-order valence-electron chi connectivity index (χ0n) is 7.92. The summed E-state index contributed by atoms with van der Waals surface area (Å²) >= 11 is 0.983. The molecular weight excluding hydrogens is 218 g/mol. The molecule has 15 heavy (non-hydrogen) atoms. The zero-order chi connectivity index (χ0) is 10.8. The summed E-state index contributed by atoms with van der Waals surface area (Å²) in [6.45, 7) is 0.412. The molecule has 1 saturated carbocycles. The van der Waals surface area contributed by atoms with Crippen molar-refractivity contribution in [1.29, 1.82) is 0 Å². The van der Waals surface area contributed by atoms with Gasteiger partial charge in [0.2, 0.25) is 0 Å². The first-order valence-corrected chi connectivity index (χ1v) is 5.50. The first-order chi connectivity index (χ1) is 7.16.